The summed E-state index contributed by atoms with van der Waals surface area (Å²) in [5.41, 5.74) is 3.18. The van der Waals surface area contributed by atoms with Gasteiger partial charge in [0.25, 0.3) is 0 Å². The molecule has 98 valence electrons. The molecule has 2 aromatic carbocycles. The Morgan fingerprint density at radius 2 is 1.29 bits per heavy atom. The van der Waals surface area contributed by atoms with Gasteiger partial charge in [-0.3, -0.25) is 0 Å². The molecule has 0 atom stereocenters. The van der Waals surface area contributed by atoms with E-state index >= 15 is 0 Å². The van der Waals surface area contributed by atoms with Crippen LogP contribution in [0.1, 0.15) is 11.1 Å². The molecule has 0 bridgehead atoms. The molecule has 5 heteroatoms. The van der Waals surface area contributed by atoms with Crippen LogP contribution in [0.3, 0.4) is 0 Å². The predicted molar refractivity (Wildman–Crippen MR) is 79.3 cm³/mol. The molecule has 0 fully saturated rings. The minimum absolute atomic E-state index is 0.0581. The van der Waals surface area contributed by atoms with E-state index in [4.69, 9.17) is 10.5 Å². The topological polar surface area (TPSA) is 73.4 Å². The van der Waals surface area contributed by atoms with Gasteiger partial charge in [-0.05, 0) is 0 Å². The van der Waals surface area contributed by atoms with Crippen LogP contribution in [0.25, 0.3) is 21.5 Å². The number of nitriles is 2. The molecule has 0 saturated heterocycles. The number of hydrogen-bond donors (Lipinski definition) is 0. The van der Waals surface area contributed by atoms with E-state index in [0.717, 1.165) is 15.7 Å². The molecule has 3 rings (SSSR count). The molecule has 0 aliphatic carbocycles. The summed E-state index contributed by atoms with van der Waals surface area (Å²) in [4.78, 5) is 4.57. The molecule has 0 unspecified atom stereocenters. The Kier molecular flexibility index (Phi) is 3.62. The van der Waals surface area contributed by atoms with E-state index in [-0.39, 0.29) is 14.7 Å². The van der Waals surface area contributed by atoms with E-state index in [2.05, 4.69) is 21.1 Å². The Hall–Kier alpha value is -2.72. The predicted octanol–water partition coefficient (Wildman–Crippen LogP) is 2.61. The van der Waals surface area contributed by atoms with Crippen molar-refractivity contribution < 1.29 is 0 Å². The van der Waals surface area contributed by atoms with Crippen molar-refractivity contribution >= 4 is 14.7 Å². The van der Waals surface area contributed by atoms with Crippen LogP contribution >= 0.6 is 0 Å². The molecule has 21 heavy (non-hydrogen) atoms. The molecule has 0 radical (unpaired) electrons. The third kappa shape index (κ3) is 2.75. The van der Waals surface area contributed by atoms with E-state index in [1.807, 2.05) is 24.3 Å². The first-order chi connectivity index (χ1) is 10.3. The molecular weight excluding hydrogens is 327 g/mol. The Morgan fingerprint density at radius 3 is 1.81 bits per heavy atom. The molecule has 3 aromatic rings. The summed E-state index contributed by atoms with van der Waals surface area (Å²) < 4.78 is 5.44. The quantitative estimate of drug-likeness (QED) is 0.675. The van der Waals surface area contributed by atoms with E-state index in [0.29, 0.717) is 17.0 Å². The fourth-order valence-corrected chi connectivity index (χ4v) is 3.28. The van der Waals surface area contributed by atoms with Gasteiger partial charge in [0.15, 0.2) is 0 Å². The van der Waals surface area contributed by atoms with Crippen LogP contribution in [0.2, 0.25) is 0 Å². The first kappa shape index (κ1) is 13.3. The molecule has 0 aliphatic heterocycles. The standard InChI is InChI=1S/C16H8N4Se/c17-9-11-1-5-13(6-2-11)15-19-16(21-20-15)14-7-3-12(10-18)4-8-14/h1-8H. The first-order valence-corrected chi connectivity index (χ1v) is 7.77. The van der Waals surface area contributed by atoms with Crippen molar-refractivity contribution in [2.45, 2.75) is 0 Å². The van der Waals surface area contributed by atoms with Gasteiger partial charge in [-0.2, -0.15) is 0 Å². The van der Waals surface area contributed by atoms with E-state index < -0.39 is 0 Å². The summed E-state index contributed by atoms with van der Waals surface area (Å²) >= 11 is -0.0581. The van der Waals surface area contributed by atoms with Gasteiger partial charge < -0.3 is 0 Å². The zero-order valence-electron chi connectivity index (χ0n) is 10.8. The molecule has 0 aliphatic rings. The summed E-state index contributed by atoms with van der Waals surface area (Å²) in [7, 11) is 0. The molecule has 1 heterocycles. The van der Waals surface area contributed by atoms with Crippen molar-refractivity contribution in [1.29, 1.82) is 10.5 Å². The van der Waals surface area contributed by atoms with Crippen LogP contribution < -0.4 is 0 Å². The van der Waals surface area contributed by atoms with Gasteiger partial charge in [0.05, 0.1) is 0 Å². The van der Waals surface area contributed by atoms with Crippen LogP contribution in [0, 0.1) is 22.7 Å². The summed E-state index contributed by atoms with van der Waals surface area (Å²) in [6, 6.07) is 18.8. The van der Waals surface area contributed by atoms with Crippen LogP contribution in [0.4, 0.5) is 0 Å². The van der Waals surface area contributed by atoms with Gasteiger partial charge in [0, 0.05) is 0 Å². The minimum atomic E-state index is -0.0581. The number of nitrogens with zero attached hydrogens (tertiary/aromatic N) is 4. The van der Waals surface area contributed by atoms with Crippen molar-refractivity contribution in [3.8, 4) is 33.7 Å². The van der Waals surface area contributed by atoms with Crippen molar-refractivity contribution in [3.63, 3.8) is 0 Å². The van der Waals surface area contributed by atoms with Crippen molar-refractivity contribution in [2.75, 3.05) is 0 Å². The Labute approximate surface area is 127 Å². The van der Waals surface area contributed by atoms with Crippen molar-refractivity contribution in [2.24, 2.45) is 0 Å². The van der Waals surface area contributed by atoms with Crippen LogP contribution in [-0.2, 0) is 0 Å². The molecule has 0 N–H and O–H groups in total. The van der Waals surface area contributed by atoms with Gasteiger partial charge in [0.2, 0.25) is 0 Å². The second kappa shape index (κ2) is 5.73. The molecular formula is C16H8N4Se. The summed E-state index contributed by atoms with van der Waals surface area (Å²) in [6.07, 6.45) is 0. The molecule has 0 amide bonds. The van der Waals surface area contributed by atoms with Gasteiger partial charge in [0.1, 0.15) is 0 Å². The Bertz CT molecular complexity index is 777. The maximum absolute atomic E-state index is 8.81. The SMILES string of the molecule is N#Cc1ccc(-c2n[se]c(-c3ccc(C#N)cc3)n2)cc1. The zero-order valence-corrected chi connectivity index (χ0v) is 12.5. The van der Waals surface area contributed by atoms with E-state index in [9.17, 15) is 0 Å². The van der Waals surface area contributed by atoms with Gasteiger partial charge in [-0.1, -0.05) is 0 Å². The zero-order chi connectivity index (χ0) is 14.7. The molecule has 0 saturated carbocycles. The van der Waals surface area contributed by atoms with Crippen molar-refractivity contribution in [1.82, 2.24) is 8.96 Å². The summed E-state index contributed by atoms with van der Waals surface area (Å²) in [6.45, 7) is 0. The first-order valence-electron chi connectivity index (χ1n) is 6.15. The number of aromatic nitrogens is 2. The van der Waals surface area contributed by atoms with Crippen molar-refractivity contribution in [3.05, 3.63) is 59.7 Å². The number of rotatable bonds is 2. The van der Waals surface area contributed by atoms with E-state index in [1.54, 1.807) is 24.3 Å². The number of benzene rings is 2. The van der Waals surface area contributed by atoms with Gasteiger partial charge in [-0.25, -0.2) is 0 Å². The van der Waals surface area contributed by atoms with Crippen LogP contribution in [0.5, 0.6) is 0 Å². The van der Waals surface area contributed by atoms with Gasteiger partial charge >= 0.3 is 128 Å². The monoisotopic (exact) mass is 336 g/mol. The average molecular weight is 335 g/mol. The fraction of sp³-hybridized carbons (Fsp3) is 0. The second-order valence-corrected chi connectivity index (χ2v) is 5.88. The summed E-state index contributed by atoms with van der Waals surface area (Å²) in [5, 5.41) is 17.6. The molecule has 0 spiro atoms. The fourth-order valence-electron chi connectivity index (χ4n) is 1.84. The third-order valence-electron chi connectivity index (χ3n) is 2.96. The number of hydrogen-bond acceptors (Lipinski definition) is 4. The average Bonchev–Trinajstić information content (AvgIpc) is 3.05. The second-order valence-electron chi connectivity index (χ2n) is 4.30. The Balaban J connectivity index is 1.92. The van der Waals surface area contributed by atoms with Crippen LogP contribution in [0.15, 0.2) is 48.5 Å². The molecule has 4 nitrogen and oxygen atoms in total. The van der Waals surface area contributed by atoms with Gasteiger partial charge in [-0.15, -0.1) is 0 Å². The van der Waals surface area contributed by atoms with E-state index in [1.165, 1.54) is 0 Å². The normalized spacial score (nSPS) is 9.81. The maximum atomic E-state index is 8.81. The Morgan fingerprint density at radius 1 is 0.762 bits per heavy atom. The molecule has 1 aromatic heterocycles. The third-order valence-corrected chi connectivity index (χ3v) is 4.56. The summed E-state index contributed by atoms with van der Waals surface area (Å²) in [5.74, 6) is 0.707. The van der Waals surface area contributed by atoms with Crippen LogP contribution in [-0.4, -0.2) is 23.7 Å².